The molecule has 0 atom stereocenters. The minimum Gasteiger partial charge on any atom is -0.490 e. The number of anilines is 1. The number of carbonyl (C=O) groups is 1. The molecule has 1 aromatic heterocycles. The maximum atomic E-state index is 12.5. The van der Waals surface area contributed by atoms with Gasteiger partial charge in [-0.25, -0.2) is 0 Å². The van der Waals surface area contributed by atoms with Gasteiger partial charge in [-0.2, -0.15) is 0 Å². The fraction of sp³-hybridized carbons (Fsp3) is 0.333. The van der Waals surface area contributed by atoms with Gasteiger partial charge in [-0.05, 0) is 31.5 Å². The molecule has 0 unspecified atom stereocenters. The Bertz CT molecular complexity index is 806. The summed E-state index contributed by atoms with van der Waals surface area (Å²) in [6.45, 7) is 4.52. The molecule has 1 N–H and O–H groups in total. The molecule has 3 rings (SSSR count). The highest BCUT2D eigenvalue weighted by Crippen LogP contribution is 2.32. The van der Waals surface area contributed by atoms with E-state index in [2.05, 4.69) is 15.2 Å². The summed E-state index contributed by atoms with van der Waals surface area (Å²) in [6, 6.07) is 5.76. The summed E-state index contributed by atoms with van der Waals surface area (Å²) < 4.78 is 5.58. The van der Waals surface area contributed by atoms with Crippen LogP contribution in [0.15, 0.2) is 28.2 Å². The molecule has 0 saturated heterocycles. The van der Waals surface area contributed by atoms with Crippen LogP contribution in [0.25, 0.3) is 0 Å². The topological polar surface area (TPSA) is 88.2 Å². The lowest BCUT2D eigenvalue weighted by atomic mass is 10.1. The number of aryl methyl sites for hydroxylation is 2. The monoisotopic (exact) mass is 332 g/mol. The third kappa shape index (κ3) is 3.37. The second-order valence-electron chi connectivity index (χ2n) is 5.20. The van der Waals surface area contributed by atoms with Gasteiger partial charge in [-0.1, -0.05) is 17.8 Å². The molecule has 0 fully saturated rings. The van der Waals surface area contributed by atoms with Crippen molar-refractivity contribution in [2.24, 2.45) is 0 Å². The third-order valence-electron chi connectivity index (χ3n) is 3.45. The second kappa shape index (κ2) is 6.41. The van der Waals surface area contributed by atoms with Crippen molar-refractivity contribution in [2.75, 3.05) is 23.8 Å². The van der Waals surface area contributed by atoms with Crippen LogP contribution in [-0.2, 0) is 4.79 Å². The Hall–Kier alpha value is -2.35. The molecule has 2 heterocycles. The zero-order chi connectivity index (χ0) is 16.4. The van der Waals surface area contributed by atoms with Crippen LogP contribution >= 0.6 is 11.8 Å². The van der Waals surface area contributed by atoms with Crippen molar-refractivity contribution in [3.05, 3.63) is 39.8 Å². The standard InChI is InChI=1S/C15H16N4O3S/c1-9-3-4-12-11(7-9)19(5-6-22-12)13(20)8-23-15-16-14(21)10(2)17-18-15/h3-4,7H,5-6,8H2,1-2H3,(H,16,18,21). The minimum absolute atomic E-state index is 0.0617. The van der Waals surface area contributed by atoms with Gasteiger partial charge in [0.05, 0.1) is 18.0 Å². The van der Waals surface area contributed by atoms with Crippen LogP contribution in [-0.4, -0.2) is 40.0 Å². The second-order valence-corrected chi connectivity index (χ2v) is 6.16. The highest BCUT2D eigenvalue weighted by Gasteiger charge is 2.24. The van der Waals surface area contributed by atoms with Crippen molar-refractivity contribution in [3.63, 3.8) is 0 Å². The summed E-state index contributed by atoms with van der Waals surface area (Å²) in [6.07, 6.45) is 0. The van der Waals surface area contributed by atoms with Crippen molar-refractivity contribution < 1.29 is 9.53 Å². The number of aromatic nitrogens is 3. The number of carbonyl (C=O) groups excluding carboxylic acids is 1. The molecule has 120 valence electrons. The SMILES string of the molecule is Cc1ccc2c(c1)N(C(=O)CSc1nnc(C)c(=O)[nH]1)CCO2. The first-order chi connectivity index (χ1) is 11.0. The number of rotatable bonds is 3. The summed E-state index contributed by atoms with van der Waals surface area (Å²) in [7, 11) is 0. The van der Waals surface area contributed by atoms with Crippen LogP contribution in [0.2, 0.25) is 0 Å². The summed E-state index contributed by atoms with van der Waals surface area (Å²) in [5, 5.41) is 7.97. The number of nitrogens with zero attached hydrogens (tertiary/aromatic N) is 3. The molecule has 8 heteroatoms. The fourth-order valence-corrected chi connectivity index (χ4v) is 2.92. The van der Waals surface area contributed by atoms with Crippen LogP contribution in [0.4, 0.5) is 5.69 Å². The Morgan fingerprint density at radius 3 is 3.00 bits per heavy atom. The fourth-order valence-electron chi connectivity index (χ4n) is 2.24. The van der Waals surface area contributed by atoms with E-state index in [0.717, 1.165) is 23.0 Å². The van der Waals surface area contributed by atoms with Crippen LogP contribution in [0.5, 0.6) is 5.75 Å². The van der Waals surface area contributed by atoms with E-state index in [4.69, 9.17) is 4.74 Å². The van der Waals surface area contributed by atoms with Gasteiger partial charge < -0.3 is 9.64 Å². The van der Waals surface area contributed by atoms with E-state index in [1.54, 1.807) is 11.8 Å². The largest absolute Gasteiger partial charge is 0.490 e. The number of nitrogens with one attached hydrogen (secondary N) is 1. The predicted octanol–water partition coefficient (Wildman–Crippen LogP) is 1.30. The Balaban J connectivity index is 1.73. The zero-order valence-corrected chi connectivity index (χ0v) is 13.6. The normalized spacial score (nSPS) is 13.4. The summed E-state index contributed by atoms with van der Waals surface area (Å²) in [4.78, 5) is 28.3. The number of hydrogen-bond donors (Lipinski definition) is 1. The summed E-state index contributed by atoms with van der Waals surface area (Å²) in [5.74, 6) is 0.818. The third-order valence-corrected chi connectivity index (χ3v) is 4.30. The average molecular weight is 332 g/mol. The van der Waals surface area contributed by atoms with Crippen LogP contribution in [0.3, 0.4) is 0 Å². The molecule has 23 heavy (non-hydrogen) atoms. The van der Waals surface area contributed by atoms with Gasteiger partial charge in [0.1, 0.15) is 18.1 Å². The van der Waals surface area contributed by atoms with Crippen LogP contribution in [0.1, 0.15) is 11.3 Å². The molecule has 1 aromatic carbocycles. The number of ether oxygens (including phenoxy) is 1. The lowest BCUT2D eigenvalue weighted by Gasteiger charge is -2.29. The molecule has 0 spiro atoms. The van der Waals surface area contributed by atoms with E-state index in [1.165, 1.54) is 0 Å². The van der Waals surface area contributed by atoms with E-state index < -0.39 is 0 Å². The van der Waals surface area contributed by atoms with Gasteiger partial charge in [-0.15, -0.1) is 10.2 Å². The number of benzene rings is 1. The van der Waals surface area contributed by atoms with Crippen LogP contribution < -0.4 is 15.2 Å². The average Bonchev–Trinajstić information content (AvgIpc) is 2.55. The number of hydrogen-bond acceptors (Lipinski definition) is 6. The lowest BCUT2D eigenvalue weighted by molar-refractivity contribution is -0.116. The molecule has 1 aliphatic heterocycles. The molecule has 1 amide bonds. The van der Waals surface area contributed by atoms with Gasteiger partial charge in [-0.3, -0.25) is 14.6 Å². The maximum Gasteiger partial charge on any atom is 0.273 e. The van der Waals surface area contributed by atoms with Gasteiger partial charge in [0, 0.05) is 0 Å². The number of amides is 1. The first-order valence-corrected chi connectivity index (χ1v) is 8.13. The Labute approximate surface area is 137 Å². The molecule has 2 aromatic rings. The van der Waals surface area contributed by atoms with E-state index in [9.17, 15) is 9.59 Å². The van der Waals surface area contributed by atoms with Crippen molar-refractivity contribution in [1.82, 2.24) is 15.2 Å². The van der Waals surface area contributed by atoms with Crippen molar-refractivity contribution in [2.45, 2.75) is 19.0 Å². The smallest absolute Gasteiger partial charge is 0.273 e. The van der Waals surface area contributed by atoms with Crippen molar-refractivity contribution in [1.29, 1.82) is 0 Å². The molecular formula is C15H16N4O3S. The van der Waals surface area contributed by atoms with E-state index in [1.807, 2.05) is 25.1 Å². The van der Waals surface area contributed by atoms with Gasteiger partial charge in [0.2, 0.25) is 5.91 Å². The lowest BCUT2D eigenvalue weighted by Crippen LogP contribution is -2.39. The van der Waals surface area contributed by atoms with E-state index >= 15 is 0 Å². The summed E-state index contributed by atoms with van der Waals surface area (Å²) >= 11 is 1.16. The molecule has 0 saturated carbocycles. The van der Waals surface area contributed by atoms with E-state index in [-0.39, 0.29) is 17.2 Å². The van der Waals surface area contributed by atoms with Crippen LogP contribution in [0, 0.1) is 13.8 Å². The van der Waals surface area contributed by atoms with Gasteiger partial charge in [0.25, 0.3) is 5.56 Å². The quantitative estimate of drug-likeness (QED) is 0.853. The molecule has 7 nitrogen and oxygen atoms in total. The summed E-state index contributed by atoms with van der Waals surface area (Å²) in [5.41, 5.74) is 1.86. The molecular weight excluding hydrogens is 316 g/mol. The predicted molar refractivity (Wildman–Crippen MR) is 87.1 cm³/mol. The minimum atomic E-state index is -0.290. The molecule has 0 bridgehead atoms. The van der Waals surface area contributed by atoms with E-state index in [0.29, 0.717) is 29.8 Å². The first kappa shape index (κ1) is 15.5. The Morgan fingerprint density at radius 2 is 2.22 bits per heavy atom. The first-order valence-electron chi connectivity index (χ1n) is 7.15. The highest BCUT2D eigenvalue weighted by atomic mass is 32.2. The highest BCUT2D eigenvalue weighted by molar-refractivity contribution is 7.99. The van der Waals surface area contributed by atoms with Gasteiger partial charge >= 0.3 is 0 Å². The van der Waals surface area contributed by atoms with Crippen molar-refractivity contribution in [3.8, 4) is 5.75 Å². The molecule has 0 aliphatic carbocycles. The number of aromatic amines is 1. The number of thioether (sulfide) groups is 1. The molecule has 1 aliphatic rings. The number of fused-ring (bicyclic) bond motifs is 1. The number of H-pyrrole nitrogens is 1. The zero-order valence-electron chi connectivity index (χ0n) is 12.8. The van der Waals surface area contributed by atoms with Gasteiger partial charge in [0.15, 0.2) is 5.16 Å². The Kier molecular flexibility index (Phi) is 4.33. The molecule has 0 radical (unpaired) electrons. The Morgan fingerprint density at radius 1 is 1.39 bits per heavy atom. The van der Waals surface area contributed by atoms with Crippen molar-refractivity contribution >= 4 is 23.4 Å². The maximum absolute atomic E-state index is 12.5.